The van der Waals surface area contributed by atoms with E-state index in [2.05, 4.69) is 26.3 Å². The first-order valence-corrected chi connectivity index (χ1v) is 22.2. The van der Waals surface area contributed by atoms with E-state index in [9.17, 15) is 33.9 Å². The summed E-state index contributed by atoms with van der Waals surface area (Å²) in [6, 6.07) is 22.7. The van der Waals surface area contributed by atoms with Crippen LogP contribution in [0.4, 0.5) is 24.5 Å². The molecule has 1 aromatic heterocycles. The van der Waals surface area contributed by atoms with E-state index < -0.39 is 65.7 Å². The number of primary amides is 1. The molecule has 1 fully saturated rings. The largest absolute Gasteiger partial charge is 0.478 e. The molecule has 1 aliphatic carbocycles. The number of urea groups is 1. The first-order chi connectivity index (χ1) is 32.9. The molecule has 3 unspecified atom stereocenters. The zero-order valence-electron chi connectivity index (χ0n) is 37.3. The van der Waals surface area contributed by atoms with Crippen molar-refractivity contribution in [2.75, 3.05) is 44.6 Å². The average Bonchev–Trinajstić information content (AvgIpc) is 3.83. The van der Waals surface area contributed by atoms with Crippen LogP contribution in [0.3, 0.4) is 0 Å². The second-order valence-electron chi connectivity index (χ2n) is 16.4. The van der Waals surface area contributed by atoms with Crippen molar-refractivity contribution < 1.29 is 47.7 Å². The van der Waals surface area contributed by atoms with Crippen LogP contribution in [0, 0.1) is 5.92 Å². The predicted molar refractivity (Wildman–Crippen MR) is 245 cm³/mol. The van der Waals surface area contributed by atoms with E-state index in [0.29, 0.717) is 55.1 Å². The van der Waals surface area contributed by atoms with Crippen LogP contribution in [0.5, 0.6) is 0 Å². The number of nitrogens with two attached hydrogens (primary N) is 1. The Labute approximate surface area is 391 Å². The maximum Gasteiger partial charge on any atom is 0.410 e. The number of alkyl carbamates (subject to hydrolysis) is 1. The number of hydrogen-bond donors (Lipinski definition) is 5. The maximum absolute atomic E-state index is 15.4. The third-order valence-electron chi connectivity index (χ3n) is 11.8. The number of fused-ring (bicyclic) bond motifs is 1. The van der Waals surface area contributed by atoms with E-state index in [1.54, 1.807) is 46.3 Å². The number of hydrogen-bond acceptors (Lipinski definition) is 12. The van der Waals surface area contributed by atoms with Gasteiger partial charge in [-0.1, -0.05) is 78.0 Å². The number of carboxylic acid groups (broad SMARTS) is 1. The molecule has 4 aromatic rings. The molecule has 20 heteroatoms. The average molecular weight is 933 g/mol. The number of anilines is 1. The molecule has 19 nitrogen and oxygen atoms in total. The lowest BCUT2D eigenvalue weighted by molar-refractivity contribution is -0.136. The molecule has 0 bridgehead atoms. The van der Waals surface area contributed by atoms with Crippen LogP contribution >= 0.6 is 0 Å². The summed E-state index contributed by atoms with van der Waals surface area (Å²) in [5, 5.41) is 26.5. The zero-order valence-corrected chi connectivity index (χ0v) is 37.3. The van der Waals surface area contributed by atoms with Crippen molar-refractivity contribution in [3.8, 4) is 0 Å². The van der Waals surface area contributed by atoms with Gasteiger partial charge in [-0.15, -0.1) is 5.10 Å². The number of allylic oxidation sites excluding steroid dienone is 1. The Balaban J connectivity index is 0.942. The zero-order chi connectivity index (χ0) is 48.2. The summed E-state index contributed by atoms with van der Waals surface area (Å²) in [6.45, 7) is 3.57. The minimum absolute atomic E-state index is 0.0548. The molecule has 356 valence electrons. The lowest BCUT2D eigenvalue weighted by Crippen LogP contribution is -2.50. The molecular formula is C48H53FN10O9. The number of benzene rings is 3. The molecule has 2 aliphatic heterocycles. The standard InChI is InChI=1S/C48H53FN10O9/c1-2-56-27-36(45(62)63)43(60)35-25-37(49)42(26-41(35)56)57-20-22-58(23-21-57)48(66)68-30-33-15-17-34(18-16-33)52-44(61)40(14-9-19-51-46(50)64)59-28-39(54-55-59)38(24-31-10-5-3-6-11-31)53-47(65)67-29-32-12-7-4-8-13-32/h3-8,10-13,15-18,25-28,35,38,40-41H,2,9,14,19-24,29-30H2,1H3,(H,52,61)(H,53,65)(H,62,63)(H3,50,51,64)/t35?,38-,40?,41?/m0/s1. The lowest BCUT2D eigenvalue weighted by Gasteiger charge is -2.42. The fourth-order valence-corrected chi connectivity index (χ4v) is 8.19. The number of nitrogens with zero attached hydrogens (tertiary/aromatic N) is 6. The van der Waals surface area contributed by atoms with Gasteiger partial charge in [-0.2, -0.15) is 0 Å². The van der Waals surface area contributed by atoms with E-state index in [0.717, 1.165) is 11.1 Å². The van der Waals surface area contributed by atoms with Crippen LogP contribution in [0.2, 0.25) is 0 Å². The number of nitrogens with one attached hydrogen (secondary N) is 3. The maximum atomic E-state index is 15.4. The van der Waals surface area contributed by atoms with E-state index in [4.69, 9.17) is 15.2 Å². The van der Waals surface area contributed by atoms with Crippen molar-refractivity contribution >= 4 is 41.6 Å². The highest BCUT2D eigenvalue weighted by atomic mass is 19.1. The fraction of sp³-hybridized carbons (Fsp3) is 0.333. The van der Waals surface area contributed by atoms with E-state index in [1.165, 1.54) is 21.9 Å². The topological polar surface area (TPSA) is 244 Å². The van der Waals surface area contributed by atoms with Gasteiger partial charge in [0.15, 0.2) is 5.78 Å². The second kappa shape index (κ2) is 22.4. The summed E-state index contributed by atoms with van der Waals surface area (Å²) in [5.74, 6) is -3.99. The highest BCUT2D eigenvalue weighted by molar-refractivity contribution is 6.18. The summed E-state index contributed by atoms with van der Waals surface area (Å²) < 4.78 is 28.0. The number of carbonyl (C=O) groups excluding carboxylic acids is 5. The highest BCUT2D eigenvalue weighted by Gasteiger charge is 2.41. The second-order valence-corrected chi connectivity index (χ2v) is 16.4. The van der Waals surface area contributed by atoms with Crippen LogP contribution in [-0.4, -0.2) is 116 Å². The molecule has 3 aromatic carbocycles. The molecule has 4 atom stereocenters. The number of halogens is 1. The van der Waals surface area contributed by atoms with Crippen LogP contribution in [-0.2, 0) is 43.5 Å². The molecule has 5 amide bonds. The van der Waals surface area contributed by atoms with Crippen LogP contribution in [0.15, 0.2) is 127 Å². The normalized spacial score (nSPS) is 17.6. The molecule has 3 aliphatic rings. The van der Waals surface area contributed by atoms with Crippen molar-refractivity contribution in [1.82, 2.24) is 40.3 Å². The minimum Gasteiger partial charge on any atom is -0.478 e. The van der Waals surface area contributed by atoms with Crippen LogP contribution in [0.25, 0.3) is 0 Å². The van der Waals surface area contributed by atoms with E-state index in [-0.39, 0.29) is 44.8 Å². The van der Waals surface area contributed by atoms with Crippen molar-refractivity contribution in [3.63, 3.8) is 0 Å². The summed E-state index contributed by atoms with van der Waals surface area (Å²) >= 11 is 0. The molecule has 0 spiro atoms. The Bertz CT molecular complexity index is 2540. The van der Waals surface area contributed by atoms with Crippen molar-refractivity contribution in [3.05, 3.63) is 149 Å². The van der Waals surface area contributed by atoms with Crippen LogP contribution in [0.1, 0.15) is 54.2 Å². The smallest absolute Gasteiger partial charge is 0.410 e. The minimum atomic E-state index is -1.35. The first-order valence-electron chi connectivity index (χ1n) is 22.2. The third kappa shape index (κ3) is 12.2. The van der Waals surface area contributed by atoms with Gasteiger partial charge in [-0.3, -0.25) is 9.59 Å². The van der Waals surface area contributed by atoms with Gasteiger partial charge in [0, 0.05) is 51.2 Å². The lowest BCUT2D eigenvalue weighted by atomic mass is 9.82. The quantitative estimate of drug-likeness (QED) is 0.0654. The molecular weight excluding hydrogens is 880 g/mol. The van der Waals surface area contributed by atoms with Crippen molar-refractivity contribution in [2.24, 2.45) is 11.7 Å². The molecule has 6 N–H and O–H groups in total. The number of likely N-dealkylation sites (N-methyl/N-ethyl adjacent to an activating group) is 1. The number of rotatable bonds is 18. The van der Waals surface area contributed by atoms with Gasteiger partial charge >= 0.3 is 24.2 Å². The van der Waals surface area contributed by atoms with Gasteiger partial charge < -0.3 is 51.0 Å². The number of aromatic nitrogens is 3. The van der Waals surface area contributed by atoms with Crippen molar-refractivity contribution in [2.45, 2.75) is 57.5 Å². The number of aliphatic carboxylic acids is 1. The Kier molecular flexibility index (Phi) is 15.8. The van der Waals surface area contributed by atoms with Crippen molar-refractivity contribution in [1.29, 1.82) is 0 Å². The monoisotopic (exact) mass is 932 g/mol. The van der Waals surface area contributed by atoms with Gasteiger partial charge in [0.2, 0.25) is 5.91 Å². The number of carbonyl (C=O) groups is 6. The van der Waals surface area contributed by atoms with E-state index in [1.807, 2.05) is 67.6 Å². The van der Waals surface area contributed by atoms with Gasteiger partial charge in [0.05, 0.1) is 29.9 Å². The fourth-order valence-electron chi connectivity index (χ4n) is 8.19. The number of ketones is 1. The number of carboxylic acids is 1. The molecule has 1 saturated heterocycles. The molecule has 3 heterocycles. The Hall–Kier alpha value is -8.03. The van der Waals surface area contributed by atoms with E-state index >= 15 is 4.39 Å². The van der Waals surface area contributed by atoms with Gasteiger partial charge in [0.1, 0.15) is 36.3 Å². The highest BCUT2D eigenvalue weighted by Crippen LogP contribution is 2.35. The Morgan fingerprint density at radius 2 is 1.54 bits per heavy atom. The summed E-state index contributed by atoms with van der Waals surface area (Å²) in [7, 11) is 0. The molecule has 0 radical (unpaired) electrons. The van der Waals surface area contributed by atoms with Crippen LogP contribution < -0.4 is 21.7 Å². The Morgan fingerprint density at radius 3 is 2.21 bits per heavy atom. The SMILES string of the molecule is CCN1C=C(C(=O)O)C(=O)C2C=C(F)C(N3CCN(C(=O)OCc4ccc(NC(=O)C(CCCNC(N)=O)n5cc([C@H](Cc6ccccc6)NC(=O)OCc6ccccc6)nn5)cc4)CC3)=CC21. The molecule has 7 rings (SSSR count). The Morgan fingerprint density at radius 1 is 0.882 bits per heavy atom. The number of Topliss-reactive ketones (excluding diaryl/α,β-unsaturated/α-hetero) is 1. The number of amides is 5. The number of ether oxygens (including phenoxy) is 2. The molecule has 0 saturated carbocycles. The van der Waals surface area contributed by atoms with Gasteiger partial charge in [-0.05, 0) is 67.2 Å². The summed E-state index contributed by atoms with van der Waals surface area (Å²) in [5.41, 5.74) is 8.42. The van der Waals surface area contributed by atoms with Gasteiger partial charge in [0.25, 0.3) is 0 Å². The first kappa shape index (κ1) is 47.9. The number of piperazine rings is 1. The summed E-state index contributed by atoms with van der Waals surface area (Å²) in [6.07, 6.45) is 5.52. The van der Waals surface area contributed by atoms with Gasteiger partial charge in [-0.25, -0.2) is 28.3 Å². The predicted octanol–water partition coefficient (Wildman–Crippen LogP) is 4.98. The molecule has 68 heavy (non-hydrogen) atoms. The third-order valence-corrected chi connectivity index (χ3v) is 11.8. The summed E-state index contributed by atoms with van der Waals surface area (Å²) in [4.78, 5) is 80.9.